The molecule has 3 nitrogen and oxygen atoms in total. The smallest absolute Gasteiger partial charge is 0.306 e. The highest BCUT2D eigenvalue weighted by atomic mass is 16.5. The number of hydrogen-bond acceptors (Lipinski definition) is 3. The van der Waals surface area contributed by atoms with Crippen molar-refractivity contribution < 1.29 is 14.3 Å². The summed E-state index contributed by atoms with van der Waals surface area (Å²) in [6.45, 7) is 3.85. The summed E-state index contributed by atoms with van der Waals surface area (Å²) in [5.74, 6) is 0.159. The van der Waals surface area contributed by atoms with Gasteiger partial charge in [-0.1, -0.05) is 37.3 Å². The quantitative estimate of drug-likeness (QED) is 0.696. The van der Waals surface area contributed by atoms with Crippen molar-refractivity contribution in [2.24, 2.45) is 5.92 Å². The normalized spacial score (nSPS) is 11.9. The summed E-state index contributed by atoms with van der Waals surface area (Å²) in [5, 5.41) is 0. The Morgan fingerprint density at radius 1 is 1.22 bits per heavy atom. The fraction of sp³-hybridized carbons (Fsp3) is 0.467. The Hall–Kier alpha value is -1.64. The average molecular weight is 248 g/mol. The molecule has 0 fully saturated rings. The fourth-order valence-corrected chi connectivity index (χ4v) is 1.63. The summed E-state index contributed by atoms with van der Waals surface area (Å²) in [5.41, 5.74) is 0.988. The molecular weight excluding hydrogens is 228 g/mol. The van der Waals surface area contributed by atoms with Crippen LogP contribution in [0.3, 0.4) is 0 Å². The maximum Gasteiger partial charge on any atom is 0.306 e. The molecule has 0 aliphatic rings. The van der Waals surface area contributed by atoms with E-state index in [1.165, 1.54) is 0 Å². The Morgan fingerprint density at radius 2 is 1.89 bits per heavy atom. The number of ether oxygens (including phenoxy) is 1. The zero-order valence-electron chi connectivity index (χ0n) is 11.0. The van der Waals surface area contributed by atoms with E-state index in [-0.39, 0.29) is 17.7 Å². The third kappa shape index (κ3) is 6.18. The van der Waals surface area contributed by atoms with Crippen molar-refractivity contribution >= 4 is 11.8 Å². The molecule has 0 radical (unpaired) electrons. The van der Waals surface area contributed by atoms with E-state index in [4.69, 9.17) is 4.74 Å². The van der Waals surface area contributed by atoms with Crippen molar-refractivity contribution in [3.8, 4) is 0 Å². The second kappa shape index (κ2) is 7.64. The average Bonchev–Trinajstić information content (AvgIpc) is 2.35. The van der Waals surface area contributed by atoms with Crippen LogP contribution in [-0.2, 0) is 20.9 Å². The summed E-state index contributed by atoms with van der Waals surface area (Å²) in [7, 11) is 0. The zero-order valence-corrected chi connectivity index (χ0v) is 11.0. The molecule has 0 amide bonds. The molecule has 18 heavy (non-hydrogen) atoms. The number of carbonyl (C=O) groups is 2. The van der Waals surface area contributed by atoms with Crippen LogP contribution in [0.25, 0.3) is 0 Å². The molecule has 0 aliphatic carbocycles. The molecule has 1 aromatic carbocycles. The van der Waals surface area contributed by atoms with Crippen LogP contribution in [0.15, 0.2) is 30.3 Å². The first kappa shape index (κ1) is 14.4. The number of Topliss-reactive ketones (excluding diaryl/α,β-unsaturated/α-hetero) is 1. The van der Waals surface area contributed by atoms with Crippen molar-refractivity contribution in [3.63, 3.8) is 0 Å². The molecule has 98 valence electrons. The highest BCUT2D eigenvalue weighted by Crippen LogP contribution is 2.12. The third-order valence-electron chi connectivity index (χ3n) is 2.75. The molecule has 1 atom stereocenters. The molecule has 0 spiro atoms. The van der Waals surface area contributed by atoms with E-state index in [2.05, 4.69) is 0 Å². The summed E-state index contributed by atoms with van der Waals surface area (Å²) in [6, 6.07) is 9.60. The monoisotopic (exact) mass is 248 g/mol. The Kier molecular flexibility index (Phi) is 6.12. The lowest BCUT2D eigenvalue weighted by Crippen LogP contribution is -2.10. The van der Waals surface area contributed by atoms with Crippen LogP contribution in [-0.4, -0.2) is 11.8 Å². The second-order valence-corrected chi connectivity index (χ2v) is 4.70. The van der Waals surface area contributed by atoms with Crippen molar-refractivity contribution in [1.29, 1.82) is 0 Å². The summed E-state index contributed by atoms with van der Waals surface area (Å²) in [4.78, 5) is 22.4. The van der Waals surface area contributed by atoms with Crippen LogP contribution in [0.5, 0.6) is 0 Å². The number of esters is 1. The van der Waals surface area contributed by atoms with E-state index in [0.717, 1.165) is 12.0 Å². The number of hydrogen-bond donors (Lipinski definition) is 0. The first-order chi connectivity index (χ1) is 8.58. The van der Waals surface area contributed by atoms with E-state index in [0.29, 0.717) is 19.4 Å². The predicted octanol–water partition coefficient (Wildman–Crippen LogP) is 3.13. The molecular formula is C15H20O3. The Bertz CT molecular complexity index is 384. The van der Waals surface area contributed by atoms with Gasteiger partial charge in [0, 0.05) is 12.8 Å². The van der Waals surface area contributed by atoms with Crippen molar-refractivity contribution in [1.82, 2.24) is 0 Å². The molecule has 1 rings (SSSR count). The van der Waals surface area contributed by atoms with Gasteiger partial charge in [-0.25, -0.2) is 0 Å². The van der Waals surface area contributed by atoms with Gasteiger partial charge in [0.2, 0.25) is 0 Å². The van der Waals surface area contributed by atoms with E-state index in [1.807, 2.05) is 37.3 Å². The van der Waals surface area contributed by atoms with Crippen LogP contribution < -0.4 is 0 Å². The minimum absolute atomic E-state index is 0.166. The highest BCUT2D eigenvalue weighted by Gasteiger charge is 2.11. The molecule has 0 heterocycles. The van der Waals surface area contributed by atoms with Gasteiger partial charge in [-0.3, -0.25) is 4.79 Å². The topological polar surface area (TPSA) is 43.4 Å². The summed E-state index contributed by atoms with van der Waals surface area (Å²) < 4.78 is 5.18. The number of rotatable bonds is 7. The largest absolute Gasteiger partial charge is 0.461 e. The molecule has 0 saturated carbocycles. The first-order valence-corrected chi connectivity index (χ1v) is 6.27. The van der Waals surface area contributed by atoms with Gasteiger partial charge in [-0.2, -0.15) is 0 Å². The highest BCUT2D eigenvalue weighted by molar-refractivity contribution is 5.75. The number of benzene rings is 1. The number of carbonyl (C=O) groups excluding carboxylic acids is 2. The molecule has 0 saturated heterocycles. The van der Waals surface area contributed by atoms with Gasteiger partial charge < -0.3 is 9.53 Å². The van der Waals surface area contributed by atoms with E-state index in [9.17, 15) is 9.59 Å². The number of ketones is 1. The summed E-state index contributed by atoms with van der Waals surface area (Å²) >= 11 is 0. The lowest BCUT2D eigenvalue weighted by atomic mass is 10.0. The van der Waals surface area contributed by atoms with Gasteiger partial charge in [-0.15, -0.1) is 0 Å². The van der Waals surface area contributed by atoms with Crippen molar-refractivity contribution in [2.45, 2.75) is 39.7 Å². The Labute approximate surface area is 108 Å². The minimum atomic E-state index is -0.199. The van der Waals surface area contributed by atoms with Crippen LogP contribution in [0.4, 0.5) is 0 Å². The minimum Gasteiger partial charge on any atom is -0.461 e. The lowest BCUT2D eigenvalue weighted by molar-refractivity contribution is -0.146. The van der Waals surface area contributed by atoms with Gasteiger partial charge in [0.25, 0.3) is 0 Å². The fourth-order valence-electron chi connectivity index (χ4n) is 1.63. The van der Waals surface area contributed by atoms with Crippen molar-refractivity contribution in [3.05, 3.63) is 35.9 Å². The van der Waals surface area contributed by atoms with Gasteiger partial charge in [0.05, 0.1) is 0 Å². The zero-order chi connectivity index (χ0) is 13.4. The molecule has 1 aromatic rings. The van der Waals surface area contributed by atoms with Gasteiger partial charge in [0.15, 0.2) is 0 Å². The van der Waals surface area contributed by atoms with E-state index < -0.39 is 0 Å². The predicted molar refractivity (Wildman–Crippen MR) is 69.9 cm³/mol. The maximum absolute atomic E-state index is 11.6. The lowest BCUT2D eigenvalue weighted by Gasteiger charge is -2.10. The molecule has 1 unspecified atom stereocenters. The maximum atomic E-state index is 11.6. The van der Waals surface area contributed by atoms with Crippen LogP contribution >= 0.6 is 0 Å². The van der Waals surface area contributed by atoms with Gasteiger partial charge >= 0.3 is 5.97 Å². The molecule has 0 aromatic heterocycles. The summed E-state index contributed by atoms with van der Waals surface area (Å²) in [6.07, 6.45) is 1.66. The van der Waals surface area contributed by atoms with Crippen molar-refractivity contribution in [2.75, 3.05) is 0 Å². The van der Waals surface area contributed by atoms with Crippen LogP contribution in [0, 0.1) is 5.92 Å². The molecule has 0 N–H and O–H groups in total. The van der Waals surface area contributed by atoms with Gasteiger partial charge in [-0.05, 0) is 24.8 Å². The molecule has 0 bridgehead atoms. The Morgan fingerprint density at radius 3 is 2.50 bits per heavy atom. The van der Waals surface area contributed by atoms with E-state index in [1.54, 1.807) is 6.92 Å². The third-order valence-corrected chi connectivity index (χ3v) is 2.75. The van der Waals surface area contributed by atoms with E-state index >= 15 is 0 Å². The van der Waals surface area contributed by atoms with Gasteiger partial charge in [0.1, 0.15) is 12.4 Å². The SMILES string of the molecule is CC(=O)CCC(C)CC(=O)OCc1ccccc1. The molecule has 3 heteroatoms. The Balaban J connectivity index is 2.23. The molecule has 0 aliphatic heterocycles. The standard InChI is InChI=1S/C15H20O3/c1-12(8-9-13(2)16)10-15(17)18-11-14-6-4-3-5-7-14/h3-7,12H,8-11H2,1-2H3. The van der Waals surface area contributed by atoms with Crippen LogP contribution in [0.2, 0.25) is 0 Å². The first-order valence-electron chi connectivity index (χ1n) is 6.27. The van der Waals surface area contributed by atoms with Crippen LogP contribution in [0.1, 0.15) is 38.7 Å². The second-order valence-electron chi connectivity index (χ2n) is 4.70.